The van der Waals surface area contributed by atoms with Crippen LogP contribution in [0.4, 0.5) is 0 Å². The number of rotatable bonds is 4. The molecule has 1 N–H and O–H groups in total. The van der Waals surface area contributed by atoms with E-state index in [1.807, 2.05) is 49.4 Å². The molecule has 0 bridgehead atoms. The number of ether oxygens (including phenoxy) is 2. The molecule has 0 aliphatic carbocycles. The topological polar surface area (TPSA) is 38.7 Å². The van der Waals surface area contributed by atoms with Gasteiger partial charge in [-0.05, 0) is 47.9 Å². The highest BCUT2D eigenvalue weighted by Crippen LogP contribution is 2.28. The monoisotopic (exact) mass is 270 g/mol. The molecule has 3 nitrogen and oxygen atoms in total. The summed E-state index contributed by atoms with van der Waals surface area (Å²) in [6, 6.07) is 11.3. The molecule has 0 saturated carbocycles. The van der Waals surface area contributed by atoms with Gasteiger partial charge in [0.1, 0.15) is 5.75 Å². The standard InChI is InChI=1S/C17H18O3/c1-12-10-13(6-8-15(12)18)4-5-14-7-9-16(19-2)17(11-14)20-3/h4-11,18H,1-3H3/b5-4+. The first-order chi connectivity index (χ1) is 9.63. The minimum atomic E-state index is 0.313. The van der Waals surface area contributed by atoms with Crippen LogP contribution < -0.4 is 9.47 Å². The molecule has 104 valence electrons. The lowest BCUT2D eigenvalue weighted by atomic mass is 10.1. The second-order valence-electron chi connectivity index (χ2n) is 4.49. The van der Waals surface area contributed by atoms with Crippen LogP contribution >= 0.6 is 0 Å². The maximum Gasteiger partial charge on any atom is 0.161 e. The molecule has 2 rings (SSSR count). The first-order valence-electron chi connectivity index (χ1n) is 6.34. The quantitative estimate of drug-likeness (QED) is 0.857. The van der Waals surface area contributed by atoms with Crippen molar-refractivity contribution in [1.82, 2.24) is 0 Å². The molecule has 0 unspecified atom stereocenters. The molecule has 0 aromatic heterocycles. The van der Waals surface area contributed by atoms with Crippen molar-refractivity contribution in [3.05, 3.63) is 53.1 Å². The summed E-state index contributed by atoms with van der Waals surface area (Å²) in [7, 11) is 3.24. The lowest BCUT2D eigenvalue weighted by molar-refractivity contribution is 0.355. The third-order valence-electron chi connectivity index (χ3n) is 3.10. The van der Waals surface area contributed by atoms with Crippen molar-refractivity contribution in [1.29, 1.82) is 0 Å². The van der Waals surface area contributed by atoms with E-state index in [0.717, 1.165) is 16.7 Å². The molecule has 0 saturated heterocycles. The van der Waals surface area contributed by atoms with Crippen molar-refractivity contribution in [2.24, 2.45) is 0 Å². The molecule has 0 aliphatic rings. The average Bonchev–Trinajstić information content (AvgIpc) is 2.48. The minimum Gasteiger partial charge on any atom is -0.508 e. The van der Waals surface area contributed by atoms with E-state index in [-0.39, 0.29) is 0 Å². The Balaban J connectivity index is 2.24. The Hall–Kier alpha value is -2.42. The predicted molar refractivity (Wildman–Crippen MR) is 81.3 cm³/mol. The number of phenolic OH excluding ortho intramolecular Hbond substituents is 1. The maximum absolute atomic E-state index is 9.50. The number of phenols is 1. The molecule has 20 heavy (non-hydrogen) atoms. The Labute approximate surface area is 119 Å². The number of hydrogen-bond acceptors (Lipinski definition) is 3. The Kier molecular flexibility index (Phi) is 4.31. The van der Waals surface area contributed by atoms with Gasteiger partial charge in [0.25, 0.3) is 0 Å². The molecular weight excluding hydrogens is 252 g/mol. The smallest absolute Gasteiger partial charge is 0.161 e. The van der Waals surface area contributed by atoms with Gasteiger partial charge in [-0.3, -0.25) is 0 Å². The molecule has 0 fully saturated rings. The number of benzene rings is 2. The summed E-state index contributed by atoms with van der Waals surface area (Å²) < 4.78 is 10.5. The van der Waals surface area contributed by atoms with Crippen LogP contribution in [-0.2, 0) is 0 Å². The summed E-state index contributed by atoms with van der Waals surface area (Å²) in [5.41, 5.74) is 2.92. The Morgan fingerprint density at radius 2 is 1.45 bits per heavy atom. The van der Waals surface area contributed by atoms with Crippen molar-refractivity contribution in [3.8, 4) is 17.2 Å². The van der Waals surface area contributed by atoms with Crippen molar-refractivity contribution in [2.75, 3.05) is 14.2 Å². The molecule has 0 aliphatic heterocycles. The number of hydrogen-bond donors (Lipinski definition) is 1. The summed E-state index contributed by atoms with van der Waals surface area (Å²) in [6.45, 7) is 1.88. The maximum atomic E-state index is 9.50. The second kappa shape index (κ2) is 6.15. The lowest BCUT2D eigenvalue weighted by Gasteiger charge is -2.07. The van der Waals surface area contributed by atoms with Gasteiger partial charge < -0.3 is 14.6 Å². The van der Waals surface area contributed by atoms with E-state index in [4.69, 9.17) is 9.47 Å². The second-order valence-corrected chi connectivity index (χ2v) is 4.49. The number of methoxy groups -OCH3 is 2. The third kappa shape index (κ3) is 3.12. The van der Waals surface area contributed by atoms with E-state index in [1.54, 1.807) is 20.3 Å². The van der Waals surface area contributed by atoms with E-state index in [0.29, 0.717) is 17.2 Å². The van der Waals surface area contributed by atoms with E-state index in [2.05, 4.69) is 0 Å². The van der Waals surface area contributed by atoms with Gasteiger partial charge in [-0.1, -0.05) is 24.3 Å². The van der Waals surface area contributed by atoms with Gasteiger partial charge >= 0.3 is 0 Å². The zero-order valence-electron chi connectivity index (χ0n) is 11.9. The average molecular weight is 270 g/mol. The molecule has 3 heteroatoms. The van der Waals surface area contributed by atoms with Crippen LogP contribution in [0.2, 0.25) is 0 Å². The number of aromatic hydroxyl groups is 1. The van der Waals surface area contributed by atoms with E-state index in [1.165, 1.54) is 0 Å². The molecule has 0 amide bonds. The Morgan fingerprint density at radius 3 is 2.05 bits per heavy atom. The number of aryl methyl sites for hydroxylation is 1. The molecule has 2 aromatic carbocycles. The summed E-state index contributed by atoms with van der Waals surface area (Å²) in [5.74, 6) is 1.73. The molecule has 2 aromatic rings. The van der Waals surface area contributed by atoms with E-state index in [9.17, 15) is 5.11 Å². The fourth-order valence-corrected chi connectivity index (χ4v) is 1.93. The van der Waals surface area contributed by atoms with Gasteiger partial charge in [-0.2, -0.15) is 0 Å². The third-order valence-corrected chi connectivity index (χ3v) is 3.10. The summed E-state index contributed by atoms with van der Waals surface area (Å²) in [5, 5.41) is 9.50. The molecule has 0 radical (unpaired) electrons. The zero-order valence-corrected chi connectivity index (χ0v) is 11.9. The van der Waals surface area contributed by atoms with Gasteiger partial charge in [0, 0.05) is 0 Å². The van der Waals surface area contributed by atoms with Crippen LogP contribution in [0.3, 0.4) is 0 Å². The van der Waals surface area contributed by atoms with Gasteiger partial charge in [0.2, 0.25) is 0 Å². The highest BCUT2D eigenvalue weighted by Gasteiger charge is 2.02. The van der Waals surface area contributed by atoms with Crippen LogP contribution in [0.25, 0.3) is 12.2 Å². The minimum absolute atomic E-state index is 0.313. The van der Waals surface area contributed by atoms with Gasteiger partial charge in [0.15, 0.2) is 11.5 Å². The van der Waals surface area contributed by atoms with Crippen LogP contribution in [-0.4, -0.2) is 19.3 Å². The zero-order chi connectivity index (χ0) is 14.5. The Bertz CT molecular complexity index is 630. The predicted octanol–water partition coefficient (Wildman–Crippen LogP) is 3.89. The summed E-state index contributed by atoms with van der Waals surface area (Å²) in [4.78, 5) is 0. The van der Waals surface area contributed by atoms with Crippen LogP contribution in [0.5, 0.6) is 17.2 Å². The fourth-order valence-electron chi connectivity index (χ4n) is 1.93. The normalized spacial score (nSPS) is 10.8. The van der Waals surface area contributed by atoms with Crippen molar-refractivity contribution in [2.45, 2.75) is 6.92 Å². The first-order valence-corrected chi connectivity index (χ1v) is 6.34. The van der Waals surface area contributed by atoms with E-state index < -0.39 is 0 Å². The van der Waals surface area contributed by atoms with Crippen LogP contribution in [0, 0.1) is 6.92 Å². The van der Waals surface area contributed by atoms with Crippen molar-refractivity contribution < 1.29 is 14.6 Å². The highest BCUT2D eigenvalue weighted by atomic mass is 16.5. The fraction of sp³-hybridized carbons (Fsp3) is 0.176. The Morgan fingerprint density at radius 1 is 0.850 bits per heavy atom. The lowest BCUT2D eigenvalue weighted by Crippen LogP contribution is -1.90. The summed E-state index contributed by atoms with van der Waals surface area (Å²) >= 11 is 0. The van der Waals surface area contributed by atoms with E-state index >= 15 is 0 Å². The van der Waals surface area contributed by atoms with Gasteiger partial charge in [-0.25, -0.2) is 0 Å². The summed E-state index contributed by atoms with van der Waals surface area (Å²) in [6.07, 6.45) is 3.99. The molecule has 0 atom stereocenters. The highest BCUT2D eigenvalue weighted by molar-refractivity contribution is 5.71. The van der Waals surface area contributed by atoms with Gasteiger partial charge in [-0.15, -0.1) is 0 Å². The largest absolute Gasteiger partial charge is 0.508 e. The van der Waals surface area contributed by atoms with Crippen molar-refractivity contribution in [3.63, 3.8) is 0 Å². The van der Waals surface area contributed by atoms with Crippen LogP contribution in [0.15, 0.2) is 36.4 Å². The van der Waals surface area contributed by atoms with Crippen LogP contribution in [0.1, 0.15) is 16.7 Å². The first kappa shape index (κ1) is 14.0. The van der Waals surface area contributed by atoms with Crippen molar-refractivity contribution >= 4 is 12.2 Å². The molecule has 0 heterocycles. The molecule has 0 spiro atoms. The SMILES string of the molecule is COc1ccc(/C=C/c2ccc(O)c(C)c2)cc1OC. The van der Waals surface area contributed by atoms with Gasteiger partial charge in [0.05, 0.1) is 14.2 Å². The molecular formula is C17H18O3.